The predicted octanol–water partition coefficient (Wildman–Crippen LogP) is 3.06. The summed E-state index contributed by atoms with van der Waals surface area (Å²) < 4.78 is 0. The van der Waals surface area contributed by atoms with Crippen LogP contribution in [0, 0.1) is 13.8 Å². The van der Waals surface area contributed by atoms with Gasteiger partial charge in [0, 0.05) is 33.4 Å². The summed E-state index contributed by atoms with van der Waals surface area (Å²) in [5, 5.41) is 6.74. The number of aromatic nitrogens is 1. The quantitative estimate of drug-likeness (QED) is 0.593. The first kappa shape index (κ1) is 19.8. The average Bonchev–Trinajstić information content (AvgIpc) is 2.59. The van der Waals surface area contributed by atoms with Gasteiger partial charge in [-0.3, -0.25) is 0 Å². The molecule has 5 nitrogen and oxygen atoms in total. The van der Waals surface area contributed by atoms with E-state index in [1.807, 2.05) is 31.3 Å². The van der Waals surface area contributed by atoms with Gasteiger partial charge in [-0.05, 0) is 50.5 Å². The van der Waals surface area contributed by atoms with E-state index < -0.39 is 0 Å². The molecule has 5 heteroatoms. The SMILES string of the molecule is CCNC(=NCc1ccnc(N(C)C)c1)NCCc1cc(C)cc(C)c1. The van der Waals surface area contributed by atoms with Gasteiger partial charge in [0.2, 0.25) is 0 Å². The number of hydrogen-bond donors (Lipinski definition) is 2. The number of benzene rings is 1. The molecule has 0 unspecified atom stereocenters. The van der Waals surface area contributed by atoms with Crippen molar-refractivity contribution in [1.82, 2.24) is 15.6 Å². The highest BCUT2D eigenvalue weighted by atomic mass is 15.2. The molecule has 0 saturated heterocycles. The fraction of sp³-hybridized carbons (Fsp3) is 0.429. The number of rotatable bonds is 7. The number of hydrogen-bond acceptors (Lipinski definition) is 3. The molecule has 0 aliphatic heterocycles. The minimum atomic E-state index is 0.627. The van der Waals surface area contributed by atoms with Gasteiger partial charge in [-0.1, -0.05) is 29.3 Å². The molecule has 0 aliphatic rings. The predicted molar refractivity (Wildman–Crippen MR) is 111 cm³/mol. The molecule has 26 heavy (non-hydrogen) atoms. The molecule has 1 aromatic carbocycles. The maximum atomic E-state index is 4.70. The van der Waals surface area contributed by atoms with Crippen LogP contribution < -0.4 is 15.5 Å². The van der Waals surface area contributed by atoms with Crippen molar-refractivity contribution in [2.24, 2.45) is 4.99 Å². The molecule has 0 amide bonds. The molecule has 1 heterocycles. The monoisotopic (exact) mass is 353 g/mol. The molecule has 0 aliphatic carbocycles. The van der Waals surface area contributed by atoms with Crippen LogP contribution >= 0.6 is 0 Å². The van der Waals surface area contributed by atoms with Gasteiger partial charge in [-0.2, -0.15) is 0 Å². The molecule has 0 bridgehead atoms. The Hall–Kier alpha value is -2.56. The van der Waals surface area contributed by atoms with Crippen molar-refractivity contribution in [2.75, 3.05) is 32.1 Å². The van der Waals surface area contributed by atoms with Crippen LogP contribution in [0.4, 0.5) is 5.82 Å². The van der Waals surface area contributed by atoms with Crippen molar-refractivity contribution in [3.63, 3.8) is 0 Å². The third-order valence-electron chi connectivity index (χ3n) is 4.02. The van der Waals surface area contributed by atoms with Gasteiger partial charge >= 0.3 is 0 Å². The minimum Gasteiger partial charge on any atom is -0.363 e. The summed E-state index contributed by atoms with van der Waals surface area (Å²) in [5.74, 6) is 1.80. The van der Waals surface area contributed by atoms with Gasteiger partial charge in [-0.25, -0.2) is 9.98 Å². The van der Waals surface area contributed by atoms with E-state index in [4.69, 9.17) is 4.99 Å². The summed E-state index contributed by atoms with van der Waals surface area (Å²) in [7, 11) is 3.99. The summed E-state index contributed by atoms with van der Waals surface area (Å²) in [6.07, 6.45) is 2.81. The van der Waals surface area contributed by atoms with Crippen LogP contribution in [-0.2, 0) is 13.0 Å². The first-order valence-corrected chi connectivity index (χ1v) is 9.19. The Kier molecular flexibility index (Phi) is 7.45. The third-order valence-corrected chi connectivity index (χ3v) is 4.02. The van der Waals surface area contributed by atoms with Crippen molar-refractivity contribution in [2.45, 2.75) is 33.7 Å². The number of nitrogens with zero attached hydrogens (tertiary/aromatic N) is 3. The Morgan fingerprint density at radius 3 is 2.42 bits per heavy atom. The van der Waals surface area contributed by atoms with Crippen molar-refractivity contribution >= 4 is 11.8 Å². The fourth-order valence-corrected chi connectivity index (χ4v) is 2.85. The van der Waals surface area contributed by atoms with Gasteiger partial charge in [0.15, 0.2) is 5.96 Å². The summed E-state index contributed by atoms with van der Waals surface area (Å²) in [6, 6.07) is 10.8. The molecule has 2 rings (SSSR count). The van der Waals surface area contributed by atoms with E-state index in [9.17, 15) is 0 Å². The molecular formula is C21H31N5. The highest BCUT2D eigenvalue weighted by Gasteiger charge is 2.02. The van der Waals surface area contributed by atoms with Crippen molar-refractivity contribution in [1.29, 1.82) is 0 Å². The lowest BCUT2D eigenvalue weighted by molar-refractivity contribution is 0.798. The number of anilines is 1. The van der Waals surface area contributed by atoms with E-state index in [0.29, 0.717) is 6.54 Å². The lowest BCUT2D eigenvalue weighted by Gasteiger charge is -2.13. The second-order valence-electron chi connectivity index (χ2n) is 6.78. The van der Waals surface area contributed by atoms with Gasteiger partial charge in [0.05, 0.1) is 6.54 Å². The molecular weight excluding hydrogens is 322 g/mol. The van der Waals surface area contributed by atoms with E-state index in [2.05, 4.69) is 60.7 Å². The lowest BCUT2D eigenvalue weighted by Crippen LogP contribution is -2.38. The van der Waals surface area contributed by atoms with Gasteiger partial charge in [0.1, 0.15) is 5.82 Å². The Labute approximate surface area is 157 Å². The Bertz CT molecular complexity index is 717. The first-order valence-electron chi connectivity index (χ1n) is 9.19. The normalized spacial score (nSPS) is 11.3. The number of aliphatic imine (C=N–C) groups is 1. The van der Waals surface area contributed by atoms with E-state index in [1.54, 1.807) is 0 Å². The second-order valence-corrected chi connectivity index (χ2v) is 6.78. The van der Waals surface area contributed by atoms with Gasteiger partial charge < -0.3 is 15.5 Å². The van der Waals surface area contributed by atoms with Crippen LogP contribution in [0.1, 0.15) is 29.2 Å². The van der Waals surface area contributed by atoms with Crippen molar-refractivity contribution in [3.8, 4) is 0 Å². The average molecular weight is 354 g/mol. The van der Waals surface area contributed by atoms with Gasteiger partial charge in [0.25, 0.3) is 0 Å². The smallest absolute Gasteiger partial charge is 0.191 e. The Balaban J connectivity index is 1.94. The van der Waals surface area contributed by atoms with Crippen LogP contribution in [-0.4, -0.2) is 38.1 Å². The zero-order valence-corrected chi connectivity index (χ0v) is 16.6. The molecule has 1 aromatic heterocycles. The molecule has 0 spiro atoms. The molecule has 2 N–H and O–H groups in total. The fourth-order valence-electron chi connectivity index (χ4n) is 2.85. The number of pyridine rings is 1. The number of nitrogens with one attached hydrogen (secondary N) is 2. The van der Waals surface area contributed by atoms with Crippen molar-refractivity contribution in [3.05, 3.63) is 58.8 Å². The van der Waals surface area contributed by atoms with E-state index in [1.165, 1.54) is 16.7 Å². The molecule has 0 saturated carbocycles. The standard InChI is InChI=1S/C21H31N5/c1-6-22-21(24-10-7-18-12-16(2)11-17(3)13-18)25-15-19-8-9-23-20(14-19)26(4)5/h8-9,11-14H,6-7,10,15H2,1-5H3,(H2,22,24,25). The van der Waals surface area contributed by atoms with Crippen LogP contribution in [0.2, 0.25) is 0 Å². The largest absolute Gasteiger partial charge is 0.363 e. The molecule has 140 valence electrons. The topological polar surface area (TPSA) is 52.6 Å². The lowest BCUT2D eigenvalue weighted by atomic mass is 10.1. The minimum absolute atomic E-state index is 0.627. The first-order chi connectivity index (χ1) is 12.5. The Morgan fingerprint density at radius 2 is 1.77 bits per heavy atom. The van der Waals surface area contributed by atoms with Gasteiger partial charge in [-0.15, -0.1) is 0 Å². The van der Waals surface area contributed by atoms with Crippen LogP contribution in [0.15, 0.2) is 41.5 Å². The summed E-state index contributed by atoms with van der Waals surface area (Å²) >= 11 is 0. The molecule has 2 aromatic rings. The highest BCUT2D eigenvalue weighted by Crippen LogP contribution is 2.11. The third kappa shape index (κ3) is 6.39. The number of guanidine groups is 1. The molecule has 0 radical (unpaired) electrons. The number of aryl methyl sites for hydroxylation is 2. The van der Waals surface area contributed by atoms with Crippen LogP contribution in [0.3, 0.4) is 0 Å². The van der Waals surface area contributed by atoms with E-state index in [0.717, 1.165) is 36.9 Å². The summed E-state index contributed by atoms with van der Waals surface area (Å²) in [6.45, 7) is 8.70. The highest BCUT2D eigenvalue weighted by molar-refractivity contribution is 5.79. The van der Waals surface area contributed by atoms with E-state index >= 15 is 0 Å². The maximum Gasteiger partial charge on any atom is 0.191 e. The zero-order valence-electron chi connectivity index (χ0n) is 16.6. The van der Waals surface area contributed by atoms with E-state index in [-0.39, 0.29) is 0 Å². The molecule has 0 fully saturated rings. The maximum absolute atomic E-state index is 4.70. The zero-order chi connectivity index (χ0) is 18.9. The summed E-state index contributed by atoms with van der Waals surface area (Å²) in [4.78, 5) is 11.0. The summed E-state index contributed by atoms with van der Waals surface area (Å²) in [5.41, 5.74) is 5.13. The molecule has 0 atom stereocenters. The van der Waals surface area contributed by atoms with Crippen LogP contribution in [0.25, 0.3) is 0 Å². The Morgan fingerprint density at radius 1 is 1.04 bits per heavy atom. The van der Waals surface area contributed by atoms with Crippen molar-refractivity contribution < 1.29 is 0 Å². The van der Waals surface area contributed by atoms with Crippen LogP contribution in [0.5, 0.6) is 0 Å². The second kappa shape index (κ2) is 9.80.